The average molecular weight is 261 g/mol. The van der Waals surface area contributed by atoms with Gasteiger partial charge in [-0.3, -0.25) is 4.79 Å². The summed E-state index contributed by atoms with van der Waals surface area (Å²) in [6, 6.07) is 5.77. The predicted molar refractivity (Wildman–Crippen MR) is 75.2 cm³/mol. The maximum absolute atomic E-state index is 12.0. The maximum atomic E-state index is 12.0. The Morgan fingerprint density at radius 3 is 3.00 bits per heavy atom. The minimum atomic E-state index is 0.157. The van der Waals surface area contributed by atoms with Crippen molar-refractivity contribution in [1.29, 1.82) is 0 Å². The smallest absolute Gasteiger partial charge is 0.213 e. The highest BCUT2D eigenvalue weighted by Crippen LogP contribution is 2.31. The lowest BCUT2D eigenvalue weighted by Crippen LogP contribution is -2.26. The highest BCUT2D eigenvalue weighted by atomic mass is 16.5. The lowest BCUT2D eigenvalue weighted by Gasteiger charge is -2.27. The summed E-state index contributed by atoms with van der Waals surface area (Å²) in [5.41, 5.74) is 0.967. The van der Waals surface area contributed by atoms with Crippen LogP contribution in [0.4, 0.5) is 0 Å². The minimum Gasteiger partial charge on any atom is -0.481 e. The normalized spacial score (nSPS) is 23.4. The topological polar surface area (TPSA) is 39.2 Å². The molecule has 19 heavy (non-hydrogen) atoms. The van der Waals surface area contributed by atoms with Crippen LogP contribution in [0.2, 0.25) is 0 Å². The van der Waals surface area contributed by atoms with E-state index < -0.39 is 0 Å². The van der Waals surface area contributed by atoms with Gasteiger partial charge in [0.1, 0.15) is 5.78 Å². The van der Waals surface area contributed by atoms with Gasteiger partial charge in [-0.15, -0.1) is 0 Å². The van der Waals surface area contributed by atoms with Crippen LogP contribution < -0.4 is 4.74 Å². The molecule has 2 rings (SSSR count). The van der Waals surface area contributed by atoms with Gasteiger partial charge in [0, 0.05) is 24.1 Å². The molecule has 1 heterocycles. The Bertz CT molecular complexity index is 431. The van der Waals surface area contributed by atoms with E-state index in [4.69, 9.17) is 4.74 Å². The van der Waals surface area contributed by atoms with E-state index in [0.717, 1.165) is 37.3 Å². The highest BCUT2D eigenvalue weighted by Gasteiger charge is 2.28. The number of rotatable bonds is 5. The number of Topliss-reactive ketones (excluding diaryl/α,β-unsaturated/α-hetero) is 1. The molecule has 1 aliphatic rings. The van der Waals surface area contributed by atoms with Crippen LogP contribution >= 0.6 is 0 Å². The summed E-state index contributed by atoms with van der Waals surface area (Å²) in [6.45, 7) is 2.22. The van der Waals surface area contributed by atoms with Crippen molar-refractivity contribution in [3.05, 3.63) is 23.9 Å². The minimum absolute atomic E-state index is 0.157. The first-order chi connectivity index (χ1) is 9.22. The Labute approximate surface area is 115 Å². The van der Waals surface area contributed by atoms with Gasteiger partial charge in [-0.1, -0.05) is 25.8 Å². The molecule has 0 aliphatic heterocycles. The number of ether oxygens (including phenoxy) is 1. The largest absolute Gasteiger partial charge is 0.481 e. The van der Waals surface area contributed by atoms with Crippen molar-refractivity contribution >= 4 is 5.78 Å². The molecule has 3 heteroatoms. The van der Waals surface area contributed by atoms with Gasteiger partial charge in [-0.25, -0.2) is 4.98 Å². The Balaban J connectivity index is 2.01. The zero-order chi connectivity index (χ0) is 13.7. The standard InChI is InChI=1S/C16H23NO2/c1-3-5-12-8-9-15(18)13(10-12)11-14-6-4-7-16(17-14)19-2/h4,6-7,12-13H,3,5,8-11H2,1-2H3. The first-order valence-electron chi connectivity index (χ1n) is 7.25. The second-order valence-corrected chi connectivity index (χ2v) is 5.47. The Hall–Kier alpha value is -1.38. The predicted octanol–water partition coefficient (Wildman–Crippen LogP) is 3.42. The van der Waals surface area contributed by atoms with Crippen molar-refractivity contribution < 1.29 is 9.53 Å². The molecular weight excluding hydrogens is 238 g/mol. The SMILES string of the molecule is CCCC1CCC(=O)C(Cc2cccc(OC)n2)C1. The van der Waals surface area contributed by atoms with Crippen LogP contribution in [-0.4, -0.2) is 17.9 Å². The summed E-state index contributed by atoms with van der Waals surface area (Å²) in [4.78, 5) is 16.5. The first-order valence-corrected chi connectivity index (χ1v) is 7.25. The van der Waals surface area contributed by atoms with Gasteiger partial charge in [0.25, 0.3) is 0 Å². The Morgan fingerprint density at radius 1 is 1.42 bits per heavy atom. The summed E-state index contributed by atoms with van der Waals surface area (Å²) >= 11 is 0. The molecular formula is C16H23NO2. The third-order valence-corrected chi connectivity index (χ3v) is 4.01. The van der Waals surface area contributed by atoms with Crippen molar-refractivity contribution in [3.63, 3.8) is 0 Å². The Kier molecular flexibility index (Phi) is 4.94. The summed E-state index contributed by atoms with van der Waals surface area (Å²) in [7, 11) is 1.62. The summed E-state index contributed by atoms with van der Waals surface area (Å²) < 4.78 is 5.13. The van der Waals surface area contributed by atoms with E-state index in [1.54, 1.807) is 7.11 Å². The number of aromatic nitrogens is 1. The third-order valence-electron chi connectivity index (χ3n) is 4.01. The second-order valence-electron chi connectivity index (χ2n) is 5.47. The van der Waals surface area contributed by atoms with Gasteiger partial charge in [0.2, 0.25) is 5.88 Å². The Morgan fingerprint density at radius 2 is 2.26 bits per heavy atom. The molecule has 0 N–H and O–H groups in total. The number of methoxy groups -OCH3 is 1. The average Bonchev–Trinajstić information content (AvgIpc) is 2.43. The van der Waals surface area contributed by atoms with Crippen molar-refractivity contribution in [1.82, 2.24) is 4.98 Å². The third kappa shape index (κ3) is 3.79. The van der Waals surface area contributed by atoms with Gasteiger partial charge in [0.05, 0.1) is 7.11 Å². The van der Waals surface area contributed by atoms with Crippen LogP contribution in [0, 0.1) is 11.8 Å². The van der Waals surface area contributed by atoms with E-state index in [9.17, 15) is 4.79 Å². The maximum Gasteiger partial charge on any atom is 0.213 e. The number of nitrogens with zero attached hydrogens (tertiary/aromatic N) is 1. The molecule has 0 aromatic carbocycles. The van der Waals surface area contributed by atoms with Crippen molar-refractivity contribution in [3.8, 4) is 5.88 Å². The second kappa shape index (κ2) is 6.69. The van der Waals surface area contributed by atoms with Crippen LogP contribution in [0.5, 0.6) is 5.88 Å². The van der Waals surface area contributed by atoms with Crippen LogP contribution in [-0.2, 0) is 11.2 Å². The molecule has 2 atom stereocenters. The van der Waals surface area contributed by atoms with Gasteiger partial charge >= 0.3 is 0 Å². The molecule has 0 amide bonds. The number of carbonyl (C=O) groups is 1. The molecule has 0 bridgehead atoms. The van der Waals surface area contributed by atoms with Gasteiger partial charge in [-0.05, 0) is 31.2 Å². The van der Waals surface area contributed by atoms with E-state index in [-0.39, 0.29) is 5.92 Å². The molecule has 3 nitrogen and oxygen atoms in total. The van der Waals surface area contributed by atoms with E-state index in [1.807, 2.05) is 18.2 Å². The van der Waals surface area contributed by atoms with Crippen LogP contribution in [0.15, 0.2) is 18.2 Å². The van der Waals surface area contributed by atoms with Crippen molar-refractivity contribution in [2.45, 2.75) is 45.4 Å². The van der Waals surface area contributed by atoms with Gasteiger partial charge < -0.3 is 4.74 Å². The van der Waals surface area contributed by atoms with E-state index in [2.05, 4.69) is 11.9 Å². The van der Waals surface area contributed by atoms with E-state index >= 15 is 0 Å². The monoisotopic (exact) mass is 261 g/mol. The van der Waals surface area contributed by atoms with Gasteiger partial charge in [-0.2, -0.15) is 0 Å². The lowest BCUT2D eigenvalue weighted by atomic mass is 9.77. The molecule has 0 radical (unpaired) electrons. The fourth-order valence-electron chi connectivity index (χ4n) is 3.01. The summed E-state index contributed by atoms with van der Waals surface area (Å²) in [5.74, 6) is 1.92. The summed E-state index contributed by atoms with van der Waals surface area (Å²) in [6.07, 6.45) is 6.08. The molecule has 2 unspecified atom stereocenters. The molecule has 1 aromatic rings. The molecule has 1 aromatic heterocycles. The fraction of sp³-hybridized carbons (Fsp3) is 0.625. The van der Waals surface area contributed by atoms with Crippen LogP contribution in [0.1, 0.15) is 44.7 Å². The molecule has 1 aliphatic carbocycles. The molecule has 1 fully saturated rings. The van der Waals surface area contributed by atoms with Crippen molar-refractivity contribution in [2.24, 2.45) is 11.8 Å². The highest BCUT2D eigenvalue weighted by molar-refractivity contribution is 5.82. The molecule has 1 saturated carbocycles. The fourth-order valence-corrected chi connectivity index (χ4v) is 3.01. The quantitative estimate of drug-likeness (QED) is 0.815. The molecule has 104 valence electrons. The number of hydrogen-bond acceptors (Lipinski definition) is 3. The molecule has 0 saturated heterocycles. The van der Waals surface area contributed by atoms with Crippen LogP contribution in [0.25, 0.3) is 0 Å². The zero-order valence-corrected chi connectivity index (χ0v) is 11.9. The summed E-state index contributed by atoms with van der Waals surface area (Å²) in [5, 5.41) is 0. The van der Waals surface area contributed by atoms with E-state index in [0.29, 0.717) is 11.7 Å². The zero-order valence-electron chi connectivity index (χ0n) is 11.9. The van der Waals surface area contributed by atoms with Crippen molar-refractivity contribution in [2.75, 3.05) is 7.11 Å². The number of hydrogen-bond donors (Lipinski definition) is 0. The first kappa shape index (κ1) is 14.0. The lowest BCUT2D eigenvalue weighted by molar-refractivity contribution is -0.125. The van der Waals surface area contributed by atoms with Crippen LogP contribution in [0.3, 0.4) is 0 Å². The number of carbonyl (C=O) groups excluding carboxylic acids is 1. The van der Waals surface area contributed by atoms with Gasteiger partial charge in [0.15, 0.2) is 0 Å². The molecule has 0 spiro atoms. The van der Waals surface area contributed by atoms with E-state index in [1.165, 1.54) is 12.8 Å². The number of pyridine rings is 1. The number of ketones is 1.